The monoisotopic (exact) mass is 551 g/mol. The Morgan fingerprint density at radius 1 is 1.16 bits per heavy atom. The molecule has 0 heterocycles. The predicted octanol–water partition coefficient (Wildman–Crippen LogP) is 4.81. The van der Waals surface area contributed by atoms with E-state index in [4.69, 9.17) is 11.6 Å². The van der Waals surface area contributed by atoms with Crippen LogP contribution in [0.2, 0.25) is 5.02 Å². The quantitative estimate of drug-likeness (QED) is 0.434. The Balaban J connectivity index is 1.75. The Hall–Kier alpha value is -2.65. The van der Waals surface area contributed by atoms with Crippen molar-refractivity contribution in [3.8, 4) is 0 Å². The van der Waals surface area contributed by atoms with E-state index in [9.17, 15) is 22.4 Å². The number of rotatable bonds is 11. The zero-order valence-corrected chi connectivity index (χ0v) is 23.1. The van der Waals surface area contributed by atoms with Crippen molar-refractivity contribution in [2.45, 2.75) is 71.0 Å². The highest BCUT2D eigenvalue weighted by Gasteiger charge is 2.29. The van der Waals surface area contributed by atoms with Crippen LogP contribution in [0.3, 0.4) is 0 Å². The van der Waals surface area contributed by atoms with Crippen LogP contribution in [0.4, 0.5) is 10.1 Å². The van der Waals surface area contributed by atoms with Crippen LogP contribution in [0.1, 0.15) is 56.6 Å². The summed E-state index contributed by atoms with van der Waals surface area (Å²) in [6.45, 7) is 3.42. The van der Waals surface area contributed by atoms with Crippen molar-refractivity contribution in [2.75, 3.05) is 17.1 Å². The first kappa shape index (κ1) is 28.9. The van der Waals surface area contributed by atoms with Crippen molar-refractivity contribution in [3.63, 3.8) is 0 Å². The Kier molecular flexibility index (Phi) is 9.95. The van der Waals surface area contributed by atoms with E-state index in [-0.39, 0.29) is 43.8 Å². The van der Waals surface area contributed by atoms with E-state index in [0.29, 0.717) is 16.3 Å². The zero-order chi connectivity index (χ0) is 27.2. The zero-order valence-electron chi connectivity index (χ0n) is 21.5. The molecular formula is C27H35ClFN3O4S. The second-order valence-corrected chi connectivity index (χ2v) is 12.0. The lowest BCUT2D eigenvalue weighted by Gasteiger charge is -2.30. The summed E-state index contributed by atoms with van der Waals surface area (Å²) in [7, 11) is -3.64. The molecule has 0 bridgehead atoms. The fraction of sp³-hybridized carbons (Fsp3) is 0.481. The predicted molar refractivity (Wildman–Crippen MR) is 144 cm³/mol. The Morgan fingerprint density at radius 2 is 1.84 bits per heavy atom. The number of amides is 2. The number of anilines is 1. The molecule has 37 heavy (non-hydrogen) atoms. The molecular weight excluding hydrogens is 517 g/mol. The van der Waals surface area contributed by atoms with Crippen LogP contribution in [0.5, 0.6) is 0 Å². The molecule has 0 spiro atoms. The van der Waals surface area contributed by atoms with Gasteiger partial charge in [-0.1, -0.05) is 48.7 Å². The number of benzene rings is 2. The number of carbonyl (C=O) groups is 2. The number of sulfonamides is 1. The smallest absolute Gasteiger partial charge is 0.242 e. The van der Waals surface area contributed by atoms with Crippen molar-refractivity contribution in [3.05, 3.63) is 64.4 Å². The van der Waals surface area contributed by atoms with Crippen molar-refractivity contribution < 1.29 is 22.4 Å². The van der Waals surface area contributed by atoms with Crippen molar-refractivity contribution >= 4 is 39.1 Å². The van der Waals surface area contributed by atoms with Gasteiger partial charge in [0, 0.05) is 36.1 Å². The number of halogens is 2. The highest BCUT2D eigenvalue weighted by molar-refractivity contribution is 7.92. The first-order valence-corrected chi connectivity index (χ1v) is 14.8. The summed E-state index contributed by atoms with van der Waals surface area (Å²) < 4.78 is 40.7. The molecule has 1 fully saturated rings. The molecule has 1 N–H and O–H groups in total. The largest absolute Gasteiger partial charge is 0.352 e. The SMILES string of the molecule is Cc1ccc(Cl)cc1N(CCCC(=O)N(Cc1ccccc1F)[C@@H](C)C(=O)NC1CCCC1)S(C)(=O)=O. The lowest BCUT2D eigenvalue weighted by molar-refractivity contribution is -0.141. The summed E-state index contributed by atoms with van der Waals surface area (Å²) in [5.74, 6) is -1.08. The first-order chi connectivity index (χ1) is 17.5. The molecule has 7 nitrogen and oxygen atoms in total. The maximum Gasteiger partial charge on any atom is 0.242 e. The van der Waals surface area contributed by atoms with E-state index in [1.54, 1.807) is 50.2 Å². The van der Waals surface area contributed by atoms with Crippen LogP contribution in [-0.4, -0.2) is 50.0 Å². The average molecular weight is 552 g/mol. The second-order valence-electron chi connectivity index (χ2n) is 9.65. The van der Waals surface area contributed by atoms with Crippen molar-refractivity contribution in [1.82, 2.24) is 10.2 Å². The molecule has 202 valence electrons. The molecule has 1 aliphatic rings. The number of nitrogens with zero attached hydrogens (tertiary/aromatic N) is 2. The molecule has 10 heteroatoms. The minimum atomic E-state index is -3.64. The summed E-state index contributed by atoms with van der Waals surface area (Å²) in [6, 6.07) is 10.4. The van der Waals surface area contributed by atoms with Gasteiger partial charge in [-0.2, -0.15) is 0 Å². The third-order valence-corrected chi connectivity index (χ3v) is 8.17. The fourth-order valence-corrected chi connectivity index (χ4v) is 5.80. The van der Waals surface area contributed by atoms with Gasteiger partial charge in [0.15, 0.2) is 0 Å². The van der Waals surface area contributed by atoms with Gasteiger partial charge < -0.3 is 10.2 Å². The van der Waals surface area contributed by atoms with Crippen molar-refractivity contribution in [1.29, 1.82) is 0 Å². The van der Waals surface area contributed by atoms with E-state index >= 15 is 0 Å². The third-order valence-electron chi connectivity index (χ3n) is 6.76. The van der Waals surface area contributed by atoms with E-state index in [1.807, 2.05) is 0 Å². The third kappa shape index (κ3) is 7.92. The van der Waals surface area contributed by atoms with Gasteiger partial charge in [0.2, 0.25) is 21.8 Å². The first-order valence-electron chi connectivity index (χ1n) is 12.5. The van der Waals surface area contributed by atoms with Crippen LogP contribution >= 0.6 is 11.6 Å². The number of aryl methyl sites for hydroxylation is 1. The molecule has 1 saturated carbocycles. The minimum Gasteiger partial charge on any atom is -0.352 e. The highest BCUT2D eigenvalue weighted by atomic mass is 35.5. The Labute approximate surface area is 224 Å². The van der Waals surface area contributed by atoms with E-state index in [2.05, 4.69) is 5.32 Å². The van der Waals surface area contributed by atoms with Crippen LogP contribution in [-0.2, 0) is 26.2 Å². The van der Waals surface area contributed by atoms with E-state index < -0.39 is 21.9 Å². The molecule has 0 unspecified atom stereocenters. The lowest BCUT2D eigenvalue weighted by atomic mass is 10.1. The molecule has 3 rings (SSSR count). The highest BCUT2D eigenvalue weighted by Crippen LogP contribution is 2.27. The van der Waals surface area contributed by atoms with Crippen LogP contribution in [0.25, 0.3) is 0 Å². The molecule has 2 amide bonds. The van der Waals surface area contributed by atoms with Gasteiger partial charge >= 0.3 is 0 Å². The summed E-state index contributed by atoms with van der Waals surface area (Å²) in [5.41, 5.74) is 1.50. The van der Waals surface area contributed by atoms with Gasteiger partial charge in [-0.25, -0.2) is 12.8 Å². The van der Waals surface area contributed by atoms with E-state index in [1.165, 1.54) is 15.3 Å². The standard InChI is InChI=1S/C27H35ClFN3O4S/c1-19-14-15-22(28)17-25(19)32(37(3,35)36)16-8-13-26(33)31(18-21-9-4-7-12-24(21)29)20(2)27(34)30-23-10-5-6-11-23/h4,7,9,12,14-15,17,20,23H,5-6,8,10-11,13,16,18H2,1-3H3,(H,30,34)/t20-/m0/s1. The lowest BCUT2D eigenvalue weighted by Crippen LogP contribution is -2.49. The second kappa shape index (κ2) is 12.7. The van der Waals surface area contributed by atoms with Crippen molar-refractivity contribution in [2.24, 2.45) is 0 Å². The van der Waals surface area contributed by atoms with Gasteiger partial charge in [-0.05, 0) is 56.9 Å². The van der Waals surface area contributed by atoms with Gasteiger partial charge in [-0.15, -0.1) is 0 Å². The molecule has 2 aromatic carbocycles. The number of carbonyl (C=O) groups excluding carboxylic acids is 2. The van der Waals surface area contributed by atoms with Gasteiger partial charge in [0.25, 0.3) is 0 Å². The number of hydrogen-bond donors (Lipinski definition) is 1. The molecule has 1 atom stereocenters. The Bertz CT molecular complexity index is 1220. The molecule has 2 aromatic rings. The summed E-state index contributed by atoms with van der Waals surface area (Å²) >= 11 is 6.10. The molecule has 0 radical (unpaired) electrons. The minimum absolute atomic E-state index is 0.0128. The molecule has 0 aliphatic heterocycles. The van der Waals surface area contributed by atoms with Crippen LogP contribution < -0.4 is 9.62 Å². The van der Waals surface area contributed by atoms with Gasteiger partial charge in [-0.3, -0.25) is 13.9 Å². The Morgan fingerprint density at radius 3 is 2.49 bits per heavy atom. The normalized spacial score (nSPS) is 14.8. The number of hydrogen-bond acceptors (Lipinski definition) is 4. The van der Waals surface area contributed by atoms with Crippen LogP contribution in [0.15, 0.2) is 42.5 Å². The van der Waals surface area contributed by atoms with Gasteiger partial charge in [0.05, 0.1) is 11.9 Å². The fourth-order valence-electron chi connectivity index (χ4n) is 4.62. The van der Waals surface area contributed by atoms with E-state index in [0.717, 1.165) is 37.5 Å². The molecule has 1 aliphatic carbocycles. The van der Waals surface area contributed by atoms with Crippen LogP contribution in [0, 0.1) is 12.7 Å². The number of nitrogens with one attached hydrogen (secondary N) is 1. The molecule has 0 saturated heterocycles. The maximum absolute atomic E-state index is 14.4. The topological polar surface area (TPSA) is 86.8 Å². The van der Waals surface area contributed by atoms with Gasteiger partial charge in [0.1, 0.15) is 11.9 Å². The summed E-state index contributed by atoms with van der Waals surface area (Å²) in [5, 5.41) is 3.42. The summed E-state index contributed by atoms with van der Waals surface area (Å²) in [6.07, 6.45) is 5.23. The molecule has 0 aromatic heterocycles. The maximum atomic E-state index is 14.4. The summed E-state index contributed by atoms with van der Waals surface area (Å²) in [4.78, 5) is 27.7. The average Bonchev–Trinajstić information content (AvgIpc) is 3.34.